The van der Waals surface area contributed by atoms with E-state index in [1.165, 1.54) is 6.21 Å². The number of nitrogens with zero attached hydrogens (tertiary/aromatic N) is 1. The van der Waals surface area contributed by atoms with E-state index in [0.717, 1.165) is 12.1 Å². The predicted molar refractivity (Wildman–Crippen MR) is 79.1 cm³/mol. The van der Waals surface area contributed by atoms with Crippen LogP contribution in [0.5, 0.6) is 28.7 Å². The van der Waals surface area contributed by atoms with Gasteiger partial charge in [0.25, 0.3) is 5.91 Å². The fourth-order valence-corrected chi connectivity index (χ4v) is 1.96. The van der Waals surface area contributed by atoms with Crippen molar-refractivity contribution in [1.29, 1.82) is 0 Å². The highest BCUT2D eigenvalue weighted by atomic mass is 16.7. The van der Waals surface area contributed by atoms with Crippen LogP contribution in [-0.4, -0.2) is 34.2 Å². The van der Waals surface area contributed by atoms with Crippen LogP contribution in [0.1, 0.15) is 15.9 Å². The maximum Gasteiger partial charge on any atom is 0.271 e. The van der Waals surface area contributed by atoms with E-state index in [4.69, 9.17) is 9.47 Å². The Hall–Kier alpha value is -3.42. The van der Waals surface area contributed by atoms with Gasteiger partial charge in [-0.3, -0.25) is 4.79 Å². The molecule has 0 aromatic heterocycles. The van der Waals surface area contributed by atoms with Crippen molar-refractivity contribution in [3.05, 3.63) is 41.5 Å². The lowest BCUT2D eigenvalue weighted by atomic mass is 10.2. The molecule has 0 unspecified atom stereocenters. The molecule has 0 radical (unpaired) electrons. The Morgan fingerprint density at radius 3 is 2.52 bits per heavy atom. The molecule has 3 rings (SSSR count). The average molecular weight is 316 g/mol. The van der Waals surface area contributed by atoms with Crippen LogP contribution in [0.2, 0.25) is 0 Å². The largest absolute Gasteiger partial charge is 0.504 e. The summed E-state index contributed by atoms with van der Waals surface area (Å²) in [5, 5.41) is 31.7. The van der Waals surface area contributed by atoms with Gasteiger partial charge in [-0.1, -0.05) is 0 Å². The van der Waals surface area contributed by atoms with Crippen molar-refractivity contribution < 1.29 is 29.6 Å². The molecule has 0 aliphatic carbocycles. The van der Waals surface area contributed by atoms with Gasteiger partial charge >= 0.3 is 0 Å². The second kappa shape index (κ2) is 5.76. The number of aromatic hydroxyl groups is 3. The summed E-state index contributed by atoms with van der Waals surface area (Å²) in [6.45, 7) is 0.167. The molecule has 0 saturated carbocycles. The zero-order chi connectivity index (χ0) is 16.4. The highest BCUT2D eigenvalue weighted by Gasteiger charge is 2.14. The Bertz CT molecular complexity index is 780. The molecule has 0 saturated heterocycles. The number of hydrogen-bond acceptors (Lipinski definition) is 7. The molecule has 4 N–H and O–H groups in total. The van der Waals surface area contributed by atoms with E-state index in [1.807, 2.05) is 0 Å². The minimum absolute atomic E-state index is 0.0550. The third-order valence-electron chi connectivity index (χ3n) is 3.11. The summed E-state index contributed by atoms with van der Waals surface area (Å²) in [4.78, 5) is 11.9. The molecule has 0 fully saturated rings. The number of amides is 1. The Balaban J connectivity index is 1.69. The molecule has 118 valence electrons. The maximum atomic E-state index is 11.9. The van der Waals surface area contributed by atoms with Crippen LogP contribution in [0.3, 0.4) is 0 Å². The summed E-state index contributed by atoms with van der Waals surface area (Å²) >= 11 is 0. The quantitative estimate of drug-likeness (QED) is 0.385. The third kappa shape index (κ3) is 2.95. The fourth-order valence-electron chi connectivity index (χ4n) is 1.96. The monoisotopic (exact) mass is 316 g/mol. The van der Waals surface area contributed by atoms with Crippen molar-refractivity contribution in [2.75, 3.05) is 6.79 Å². The van der Waals surface area contributed by atoms with E-state index in [1.54, 1.807) is 18.2 Å². The lowest BCUT2D eigenvalue weighted by Gasteiger charge is -2.04. The first-order chi connectivity index (χ1) is 11.0. The first kappa shape index (κ1) is 14.5. The lowest BCUT2D eigenvalue weighted by Crippen LogP contribution is -2.17. The standard InChI is InChI=1S/C15H12N2O6/c18-10-4-9(5-11(19)14(10)20)15(21)17-16-6-8-1-2-12-13(3-8)23-7-22-12/h1-6,18-20H,7H2,(H,17,21)/b16-6-. The number of hydrazone groups is 1. The van der Waals surface area contributed by atoms with Crippen LogP contribution in [0, 0.1) is 0 Å². The van der Waals surface area contributed by atoms with Crippen LogP contribution >= 0.6 is 0 Å². The summed E-state index contributed by atoms with van der Waals surface area (Å²) < 4.78 is 10.4. The van der Waals surface area contributed by atoms with Gasteiger partial charge in [0.2, 0.25) is 6.79 Å². The fraction of sp³-hybridized carbons (Fsp3) is 0.0667. The summed E-state index contributed by atoms with van der Waals surface area (Å²) in [6, 6.07) is 7.19. The van der Waals surface area contributed by atoms with Crippen molar-refractivity contribution in [3.8, 4) is 28.7 Å². The lowest BCUT2D eigenvalue weighted by molar-refractivity contribution is 0.0954. The van der Waals surface area contributed by atoms with Crippen LogP contribution < -0.4 is 14.9 Å². The zero-order valence-corrected chi connectivity index (χ0v) is 11.7. The Kier molecular flexibility index (Phi) is 3.63. The first-order valence-corrected chi connectivity index (χ1v) is 6.52. The Labute approximate surface area is 130 Å². The molecule has 1 heterocycles. The normalized spacial score (nSPS) is 12.5. The molecule has 1 aliphatic rings. The number of rotatable bonds is 3. The van der Waals surface area contributed by atoms with Crippen molar-refractivity contribution in [2.24, 2.45) is 5.10 Å². The van der Waals surface area contributed by atoms with Crippen molar-refractivity contribution >= 4 is 12.1 Å². The number of fused-ring (bicyclic) bond motifs is 1. The van der Waals surface area contributed by atoms with Gasteiger partial charge in [-0.25, -0.2) is 5.43 Å². The van der Waals surface area contributed by atoms with Gasteiger partial charge in [0, 0.05) is 5.56 Å². The molecule has 2 aromatic carbocycles. The number of carbonyl (C=O) groups excluding carboxylic acids is 1. The van der Waals surface area contributed by atoms with Crippen molar-refractivity contribution in [2.45, 2.75) is 0 Å². The number of phenolic OH excluding ortho intramolecular Hbond substituents is 3. The topological polar surface area (TPSA) is 121 Å². The molecule has 8 heteroatoms. The highest BCUT2D eigenvalue weighted by molar-refractivity contribution is 5.96. The van der Waals surface area contributed by atoms with Gasteiger partial charge in [-0.2, -0.15) is 5.10 Å². The summed E-state index contributed by atoms with van der Waals surface area (Å²) in [5.74, 6) is -1.32. The SMILES string of the molecule is O=C(N/N=C\c1ccc2c(c1)OCO2)c1cc(O)c(O)c(O)c1. The summed E-state index contributed by atoms with van der Waals surface area (Å²) in [7, 11) is 0. The molecule has 2 aromatic rings. The van der Waals surface area contributed by atoms with Crippen LogP contribution in [0.15, 0.2) is 35.4 Å². The van der Waals surface area contributed by atoms with Crippen LogP contribution in [-0.2, 0) is 0 Å². The average Bonchev–Trinajstić information content (AvgIpc) is 2.99. The van der Waals surface area contributed by atoms with E-state index >= 15 is 0 Å². The predicted octanol–water partition coefficient (Wildman–Crippen LogP) is 1.30. The van der Waals surface area contributed by atoms with Gasteiger partial charge in [0.05, 0.1) is 6.21 Å². The molecule has 1 amide bonds. The Morgan fingerprint density at radius 1 is 1.09 bits per heavy atom. The van der Waals surface area contributed by atoms with Crippen molar-refractivity contribution in [3.63, 3.8) is 0 Å². The molecular formula is C15H12N2O6. The van der Waals surface area contributed by atoms with Crippen LogP contribution in [0.25, 0.3) is 0 Å². The van der Waals surface area contributed by atoms with Crippen molar-refractivity contribution in [1.82, 2.24) is 5.43 Å². The second-order valence-corrected chi connectivity index (χ2v) is 4.67. The molecule has 23 heavy (non-hydrogen) atoms. The third-order valence-corrected chi connectivity index (χ3v) is 3.11. The molecule has 1 aliphatic heterocycles. The number of phenols is 3. The number of hydrogen-bond donors (Lipinski definition) is 4. The minimum Gasteiger partial charge on any atom is -0.504 e. The molecule has 8 nitrogen and oxygen atoms in total. The van der Waals surface area contributed by atoms with E-state index < -0.39 is 23.2 Å². The number of ether oxygens (including phenoxy) is 2. The zero-order valence-electron chi connectivity index (χ0n) is 11.7. The van der Waals surface area contributed by atoms with Gasteiger partial charge in [-0.15, -0.1) is 0 Å². The summed E-state index contributed by atoms with van der Waals surface area (Å²) in [6.07, 6.45) is 1.40. The Morgan fingerprint density at radius 2 is 1.78 bits per heavy atom. The van der Waals surface area contributed by atoms with Gasteiger partial charge in [0.15, 0.2) is 28.7 Å². The minimum atomic E-state index is -0.689. The second-order valence-electron chi connectivity index (χ2n) is 4.67. The molecule has 0 atom stereocenters. The molecule has 0 bridgehead atoms. The first-order valence-electron chi connectivity index (χ1n) is 6.52. The van der Waals surface area contributed by atoms with Gasteiger partial charge in [0.1, 0.15) is 0 Å². The maximum absolute atomic E-state index is 11.9. The number of carbonyl (C=O) groups is 1. The molecule has 0 spiro atoms. The highest BCUT2D eigenvalue weighted by Crippen LogP contribution is 2.35. The number of nitrogens with one attached hydrogen (secondary N) is 1. The number of benzene rings is 2. The summed E-state index contributed by atoms with van der Waals surface area (Å²) in [5.41, 5.74) is 2.87. The van der Waals surface area contributed by atoms with E-state index in [9.17, 15) is 20.1 Å². The van der Waals surface area contributed by atoms with E-state index in [0.29, 0.717) is 17.1 Å². The van der Waals surface area contributed by atoms with Crippen LogP contribution in [0.4, 0.5) is 0 Å². The molecular weight excluding hydrogens is 304 g/mol. The van der Waals surface area contributed by atoms with E-state index in [2.05, 4.69) is 10.5 Å². The van der Waals surface area contributed by atoms with Gasteiger partial charge in [-0.05, 0) is 35.9 Å². The van der Waals surface area contributed by atoms with E-state index in [-0.39, 0.29) is 12.4 Å². The smallest absolute Gasteiger partial charge is 0.271 e. The van der Waals surface area contributed by atoms with Gasteiger partial charge < -0.3 is 24.8 Å².